The fourth-order valence-electron chi connectivity index (χ4n) is 10.8. The fourth-order valence-corrected chi connectivity index (χ4v) is 12.2. The van der Waals surface area contributed by atoms with Gasteiger partial charge in [-0.15, -0.1) is 11.3 Å². The summed E-state index contributed by atoms with van der Waals surface area (Å²) >= 11 is 2.04. The van der Waals surface area contributed by atoms with Crippen LogP contribution >= 0.6 is 11.3 Å². The van der Waals surface area contributed by atoms with Crippen molar-refractivity contribution in [3.05, 3.63) is 149 Å². The Morgan fingerprint density at radius 2 is 1.08 bits per heavy atom. The summed E-state index contributed by atoms with van der Waals surface area (Å²) in [6.45, 7) is 33.2. The molecule has 6 aromatic carbocycles. The largest absolute Gasteiger partial charge is 0.311 e. The molecule has 3 aliphatic rings. The highest BCUT2D eigenvalue weighted by molar-refractivity contribution is 7.33. The van der Waals surface area contributed by atoms with Gasteiger partial charge >= 0.3 is 0 Å². The van der Waals surface area contributed by atoms with Crippen molar-refractivity contribution in [1.29, 1.82) is 0 Å². The monoisotopic (exact) mass is 844 g/mol. The lowest BCUT2D eigenvalue weighted by molar-refractivity contribution is 0.332. The molecule has 0 spiro atoms. The molecule has 3 heterocycles. The molecule has 7 aromatic rings. The number of thiophene rings is 1. The molecule has 4 heteroatoms. The molecule has 0 unspecified atom stereocenters. The third kappa shape index (κ3) is 6.72. The van der Waals surface area contributed by atoms with Gasteiger partial charge in [0.05, 0.1) is 11.4 Å². The average Bonchev–Trinajstić information content (AvgIpc) is 3.59. The van der Waals surface area contributed by atoms with Crippen LogP contribution in [0.25, 0.3) is 21.2 Å². The van der Waals surface area contributed by atoms with Crippen molar-refractivity contribution >= 4 is 78.0 Å². The van der Waals surface area contributed by atoms with Crippen LogP contribution in [0.2, 0.25) is 0 Å². The van der Waals surface area contributed by atoms with Gasteiger partial charge in [0.25, 0.3) is 6.71 Å². The van der Waals surface area contributed by atoms with Crippen LogP contribution in [-0.4, -0.2) is 6.71 Å². The Hall–Kier alpha value is -5.06. The minimum absolute atomic E-state index is 0.00133. The van der Waals surface area contributed by atoms with Crippen LogP contribution in [0.4, 0.5) is 34.1 Å². The summed E-state index contributed by atoms with van der Waals surface area (Å²) in [5, 5.41) is 1.38. The van der Waals surface area contributed by atoms with Gasteiger partial charge in [0.1, 0.15) is 0 Å². The van der Waals surface area contributed by atoms with Crippen molar-refractivity contribution in [1.82, 2.24) is 0 Å². The normalized spacial score (nSPS) is 16.4. The number of hydrogen-bond donors (Lipinski definition) is 0. The second kappa shape index (κ2) is 14.0. The van der Waals surface area contributed by atoms with Crippen molar-refractivity contribution in [2.75, 3.05) is 9.80 Å². The number of benzene rings is 6. The van der Waals surface area contributed by atoms with Gasteiger partial charge in [0, 0.05) is 43.2 Å². The van der Waals surface area contributed by atoms with Gasteiger partial charge in [0.15, 0.2) is 0 Å². The molecule has 10 rings (SSSR count). The maximum absolute atomic E-state index is 2.66. The average molecular weight is 845 g/mol. The molecule has 0 fully saturated rings. The first-order valence-corrected chi connectivity index (χ1v) is 24.2. The van der Waals surface area contributed by atoms with E-state index >= 15 is 0 Å². The number of nitrogens with zero attached hydrogens (tertiary/aromatic N) is 2. The van der Waals surface area contributed by atoms with Crippen molar-refractivity contribution in [2.45, 2.75) is 137 Å². The van der Waals surface area contributed by atoms with Gasteiger partial charge in [-0.25, -0.2) is 0 Å². The third-order valence-corrected chi connectivity index (χ3v) is 16.0. The second-order valence-corrected chi connectivity index (χ2v) is 24.5. The summed E-state index contributed by atoms with van der Waals surface area (Å²) in [5.74, 6) is 0. The molecule has 0 radical (unpaired) electrons. The standard InChI is InChI=1S/C59H65BN2S/c1-36-30-49-52-50(31-36)62(47-26-22-39(56(5,6)7)32-42(47)37-18-16-15-17-19-37)48-27-23-40(57(8,9)10)33-46(48)60(52)54-53(61(49)41-24-20-38(21-25-41)55(2,3)4)43-34-44-45(35-51(43)63-54)59(13,14)29-28-58(44,11)12/h15-27,30-35H,28-29H2,1-14H3. The minimum Gasteiger partial charge on any atom is -0.311 e. The molecule has 0 amide bonds. The van der Waals surface area contributed by atoms with Crippen molar-refractivity contribution in [2.24, 2.45) is 0 Å². The highest BCUT2D eigenvalue weighted by Gasteiger charge is 2.47. The number of hydrogen-bond acceptors (Lipinski definition) is 3. The minimum atomic E-state index is -0.0193. The SMILES string of the molecule is Cc1cc2c3c(c1)N(c1ccc(C(C)(C)C)cc1)c1c(sc4cc5c(cc14)C(C)(C)CCC5(C)C)B3c1cc(C(C)(C)C)ccc1N2c1ccc(C(C)(C)C)cc1-c1ccccc1. The van der Waals surface area contributed by atoms with Crippen LogP contribution in [0.5, 0.6) is 0 Å². The van der Waals surface area contributed by atoms with Crippen LogP contribution in [0, 0.1) is 6.92 Å². The molecule has 2 aliphatic heterocycles. The molecule has 320 valence electrons. The second-order valence-electron chi connectivity index (χ2n) is 23.5. The maximum Gasteiger partial charge on any atom is 0.264 e. The van der Waals surface area contributed by atoms with Crippen LogP contribution in [0.3, 0.4) is 0 Å². The summed E-state index contributed by atoms with van der Waals surface area (Å²) in [7, 11) is 0. The fraction of sp³-hybridized carbons (Fsp3) is 0.356. The first-order valence-electron chi connectivity index (χ1n) is 23.3. The Balaban J connectivity index is 1.33. The number of aryl methyl sites for hydroxylation is 1. The van der Waals surface area contributed by atoms with Gasteiger partial charge in [-0.2, -0.15) is 0 Å². The lowest BCUT2D eigenvalue weighted by Crippen LogP contribution is -2.60. The summed E-state index contributed by atoms with van der Waals surface area (Å²) in [6.07, 6.45) is 2.39. The van der Waals surface area contributed by atoms with Gasteiger partial charge < -0.3 is 9.80 Å². The van der Waals surface area contributed by atoms with Crippen LogP contribution < -0.4 is 25.5 Å². The lowest BCUT2D eigenvalue weighted by Gasteiger charge is -2.44. The zero-order valence-corrected chi connectivity index (χ0v) is 41.1. The first-order chi connectivity index (χ1) is 29.5. The van der Waals surface area contributed by atoms with Crippen LogP contribution in [-0.2, 0) is 27.1 Å². The Morgan fingerprint density at radius 3 is 1.68 bits per heavy atom. The summed E-state index contributed by atoms with van der Waals surface area (Å²) in [6, 6.07) is 45.4. The van der Waals surface area contributed by atoms with E-state index < -0.39 is 0 Å². The Morgan fingerprint density at radius 1 is 0.540 bits per heavy atom. The molecule has 0 N–H and O–H groups in total. The predicted octanol–water partition coefficient (Wildman–Crippen LogP) is 15.2. The Bertz CT molecular complexity index is 2960. The van der Waals surface area contributed by atoms with E-state index in [0.717, 1.165) is 0 Å². The van der Waals surface area contributed by atoms with Crippen LogP contribution in [0.15, 0.2) is 115 Å². The molecule has 0 saturated heterocycles. The molecular formula is C59H65BN2S. The topological polar surface area (TPSA) is 6.48 Å². The molecular weight excluding hydrogens is 780 g/mol. The van der Waals surface area contributed by atoms with E-state index in [4.69, 9.17) is 0 Å². The zero-order chi connectivity index (χ0) is 44.8. The van der Waals surface area contributed by atoms with Crippen molar-refractivity contribution in [3.63, 3.8) is 0 Å². The van der Waals surface area contributed by atoms with E-state index in [-0.39, 0.29) is 33.8 Å². The van der Waals surface area contributed by atoms with Gasteiger partial charge in [0.2, 0.25) is 0 Å². The van der Waals surface area contributed by atoms with Gasteiger partial charge in [-0.1, -0.05) is 151 Å². The van der Waals surface area contributed by atoms with E-state index in [0.29, 0.717) is 0 Å². The van der Waals surface area contributed by atoms with Gasteiger partial charge in [-0.3, -0.25) is 0 Å². The first kappa shape index (κ1) is 41.9. The third-order valence-electron chi connectivity index (χ3n) is 14.8. The lowest BCUT2D eigenvalue weighted by atomic mass is 9.36. The molecule has 1 aromatic heterocycles. The molecule has 63 heavy (non-hydrogen) atoms. The highest BCUT2D eigenvalue weighted by Crippen LogP contribution is 2.53. The van der Waals surface area contributed by atoms with E-state index in [2.05, 4.69) is 222 Å². The van der Waals surface area contributed by atoms with E-state index in [1.807, 2.05) is 11.3 Å². The zero-order valence-electron chi connectivity index (χ0n) is 40.3. The quantitative estimate of drug-likeness (QED) is 0.164. The van der Waals surface area contributed by atoms with Gasteiger partial charge in [-0.05, 0) is 151 Å². The number of rotatable bonds is 3. The predicted molar refractivity (Wildman–Crippen MR) is 277 cm³/mol. The number of fused-ring (bicyclic) bond motifs is 7. The summed E-state index contributed by atoms with van der Waals surface area (Å²) < 4.78 is 2.84. The number of anilines is 6. The van der Waals surface area contributed by atoms with E-state index in [1.165, 1.54) is 117 Å². The van der Waals surface area contributed by atoms with E-state index in [9.17, 15) is 0 Å². The molecule has 0 saturated carbocycles. The van der Waals surface area contributed by atoms with Crippen LogP contribution in [0.1, 0.15) is 136 Å². The molecule has 0 bridgehead atoms. The molecule has 0 atom stereocenters. The van der Waals surface area contributed by atoms with Crippen molar-refractivity contribution in [3.8, 4) is 11.1 Å². The van der Waals surface area contributed by atoms with E-state index in [1.54, 1.807) is 0 Å². The Labute approximate surface area is 382 Å². The Kier molecular flexibility index (Phi) is 9.30. The summed E-state index contributed by atoms with van der Waals surface area (Å²) in [5.41, 5.74) is 21.5. The van der Waals surface area contributed by atoms with Crippen molar-refractivity contribution < 1.29 is 0 Å². The maximum atomic E-state index is 2.66. The summed E-state index contributed by atoms with van der Waals surface area (Å²) in [4.78, 5) is 5.29. The molecule has 2 nitrogen and oxygen atoms in total. The molecule has 1 aliphatic carbocycles. The smallest absolute Gasteiger partial charge is 0.264 e. The highest BCUT2D eigenvalue weighted by atomic mass is 32.1.